The monoisotopic (exact) mass is 306 g/mol. The number of pyridine rings is 1. The third-order valence-electron chi connectivity index (χ3n) is 2.44. The van der Waals surface area contributed by atoms with Crippen molar-refractivity contribution >= 4 is 11.7 Å². The van der Waals surface area contributed by atoms with Gasteiger partial charge in [0.2, 0.25) is 0 Å². The largest absolute Gasteiger partial charge is 1.00 e. The Balaban J connectivity index is 0.00000162. The van der Waals surface area contributed by atoms with E-state index in [4.69, 9.17) is 0 Å². The van der Waals surface area contributed by atoms with Gasteiger partial charge in [-0.3, -0.25) is 0 Å². The molecule has 1 N–H and O–H groups in total. The molecular weight excluding hydrogens is 292 g/mol. The molecule has 0 aliphatic rings. The molecule has 1 aromatic carbocycles. The van der Waals surface area contributed by atoms with Gasteiger partial charge in [-0.05, 0) is 11.6 Å². The molecule has 1 amide bonds. The molecule has 2 rings (SSSR count). The van der Waals surface area contributed by atoms with Gasteiger partial charge in [0.25, 0.3) is 5.82 Å². The molecule has 1 heterocycles. The number of carbonyl (C=O) groups is 1. The number of benzene rings is 1. The summed E-state index contributed by atoms with van der Waals surface area (Å²) in [6.45, 7) is 2.26. The van der Waals surface area contributed by atoms with Gasteiger partial charge in [-0.1, -0.05) is 36.4 Å². The lowest BCUT2D eigenvalue weighted by Crippen LogP contribution is -3.00. The van der Waals surface area contributed by atoms with Crippen molar-refractivity contribution in [1.29, 1.82) is 0 Å². The Morgan fingerprint density at radius 2 is 1.78 bits per heavy atom. The first kappa shape index (κ1) is 14.4. The Kier molecular flexibility index (Phi) is 5.52. The maximum atomic E-state index is 11.1. The first-order valence-electron chi connectivity index (χ1n) is 5.56. The van der Waals surface area contributed by atoms with Gasteiger partial charge < -0.3 is 17.0 Å². The van der Waals surface area contributed by atoms with E-state index in [0.29, 0.717) is 0 Å². The third kappa shape index (κ3) is 3.96. The van der Waals surface area contributed by atoms with E-state index in [1.807, 2.05) is 47.2 Å². The van der Waals surface area contributed by atoms with Crippen LogP contribution in [0.4, 0.5) is 5.82 Å². The van der Waals surface area contributed by atoms with Gasteiger partial charge in [-0.2, -0.15) is 0 Å². The summed E-state index contributed by atoms with van der Waals surface area (Å²) < 4.78 is 2.01. The van der Waals surface area contributed by atoms with E-state index >= 15 is 0 Å². The minimum Gasteiger partial charge on any atom is -1.00 e. The van der Waals surface area contributed by atoms with Gasteiger partial charge >= 0.3 is 5.91 Å². The van der Waals surface area contributed by atoms with Crippen LogP contribution in [0.3, 0.4) is 0 Å². The van der Waals surface area contributed by atoms with Crippen molar-refractivity contribution in [2.24, 2.45) is 0 Å². The molecule has 0 aliphatic heterocycles. The number of aromatic nitrogens is 1. The minimum absolute atomic E-state index is 0. The third-order valence-corrected chi connectivity index (χ3v) is 2.44. The highest BCUT2D eigenvalue weighted by atomic mass is 79.9. The normalized spacial score (nSPS) is 9.39. The fourth-order valence-electron chi connectivity index (χ4n) is 1.69. The smallest absolute Gasteiger partial charge is 0.304 e. The lowest BCUT2D eigenvalue weighted by molar-refractivity contribution is -0.674. The summed E-state index contributed by atoms with van der Waals surface area (Å²) in [5.74, 6) is 0.752. The maximum absolute atomic E-state index is 11.1. The predicted octanol–water partition coefficient (Wildman–Crippen LogP) is -1.02. The standard InChI is InChI=1S/C14H14N2O.BrH/c1-12(17)15-14-9-5-6-10-16(14)11-13-7-3-2-4-8-13;/h2-10H,11H2,1H3;1H. The summed E-state index contributed by atoms with van der Waals surface area (Å²) in [6, 6.07) is 15.9. The first-order chi connectivity index (χ1) is 8.25. The van der Waals surface area contributed by atoms with Gasteiger partial charge in [0.15, 0.2) is 0 Å². The fraction of sp³-hybridized carbons (Fsp3) is 0.143. The quantitative estimate of drug-likeness (QED) is 0.724. The summed E-state index contributed by atoms with van der Waals surface area (Å²) in [4.78, 5) is 11.1. The molecule has 0 aliphatic carbocycles. The van der Waals surface area contributed by atoms with Gasteiger partial charge in [-0.25, -0.2) is 14.7 Å². The molecule has 0 fully saturated rings. The highest BCUT2D eigenvalue weighted by molar-refractivity contribution is 5.86. The number of amides is 1. The van der Waals surface area contributed by atoms with Crippen LogP contribution < -0.4 is 26.9 Å². The molecule has 0 saturated heterocycles. The van der Waals surface area contributed by atoms with Crippen LogP contribution in [-0.4, -0.2) is 5.91 Å². The average Bonchev–Trinajstić information content (AvgIpc) is 2.32. The van der Waals surface area contributed by atoms with Crippen LogP contribution >= 0.6 is 0 Å². The second kappa shape index (κ2) is 6.91. The maximum Gasteiger partial charge on any atom is 0.304 e. The predicted molar refractivity (Wildman–Crippen MR) is 66.5 cm³/mol. The molecule has 0 bridgehead atoms. The molecule has 94 valence electrons. The van der Waals surface area contributed by atoms with Crippen LogP contribution in [0.2, 0.25) is 0 Å². The van der Waals surface area contributed by atoms with Crippen LogP contribution in [0.15, 0.2) is 54.7 Å². The lowest BCUT2D eigenvalue weighted by Gasteiger charge is -2.05. The second-order valence-electron chi connectivity index (χ2n) is 3.88. The van der Waals surface area contributed by atoms with Crippen molar-refractivity contribution in [1.82, 2.24) is 0 Å². The van der Waals surface area contributed by atoms with E-state index in [-0.39, 0.29) is 22.9 Å². The average molecular weight is 307 g/mol. The van der Waals surface area contributed by atoms with Crippen LogP contribution in [0.25, 0.3) is 0 Å². The van der Waals surface area contributed by atoms with E-state index in [2.05, 4.69) is 17.4 Å². The Labute approximate surface area is 117 Å². The molecule has 0 atom stereocenters. The molecule has 0 radical (unpaired) electrons. The van der Waals surface area contributed by atoms with E-state index < -0.39 is 0 Å². The summed E-state index contributed by atoms with van der Waals surface area (Å²) in [6.07, 6.45) is 1.96. The Hall–Kier alpha value is -1.68. The zero-order valence-corrected chi connectivity index (χ0v) is 11.7. The van der Waals surface area contributed by atoms with Crippen molar-refractivity contribution in [2.75, 3.05) is 5.32 Å². The van der Waals surface area contributed by atoms with E-state index in [9.17, 15) is 4.79 Å². The molecule has 0 saturated carbocycles. The van der Waals surface area contributed by atoms with Crippen LogP contribution in [-0.2, 0) is 11.3 Å². The first-order valence-corrected chi connectivity index (χ1v) is 5.56. The Morgan fingerprint density at radius 1 is 1.11 bits per heavy atom. The Morgan fingerprint density at radius 3 is 2.44 bits per heavy atom. The SMILES string of the molecule is CC(=O)Nc1cccc[n+]1Cc1ccccc1.[Br-]. The Bertz CT molecular complexity index is 514. The van der Waals surface area contributed by atoms with Crippen molar-refractivity contribution < 1.29 is 26.3 Å². The fourth-order valence-corrected chi connectivity index (χ4v) is 1.69. The number of nitrogens with zero attached hydrogens (tertiary/aromatic N) is 1. The van der Waals surface area contributed by atoms with Gasteiger partial charge in [-0.15, -0.1) is 0 Å². The van der Waals surface area contributed by atoms with Crippen molar-refractivity contribution in [3.63, 3.8) is 0 Å². The van der Waals surface area contributed by atoms with Crippen LogP contribution in [0.5, 0.6) is 0 Å². The van der Waals surface area contributed by atoms with Crippen LogP contribution in [0, 0.1) is 0 Å². The van der Waals surface area contributed by atoms with Gasteiger partial charge in [0, 0.05) is 13.0 Å². The number of nitrogens with one attached hydrogen (secondary N) is 1. The lowest BCUT2D eigenvalue weighted by atomic mass is 10.2. The molecule has 4 heteroatoms. The van der Waals surface area contributed by atoms with Gasteiger partial charge in [0.1, 0.15) is 6.54 Å². The number of halogens is 1. The number of carbonyl (C=O) groups excluding carboxylic acids is 1. The highest BCUT2D eigenvalue weighted by Gasteiger charge is 2.09. The van der Waals surface area contributed by atoms with E-state index in [0.717, 1.165) is 12.4 Å². The summed E-state index contributed by atoms with van der Waals surface area (Å²) in [7, 11) is 0. The van der Waals surface area contributed by atoms with Crippen molar-refractivity contribution in [3.8, 4) is 0 Å². The highest BCUT2D eigenvalue weighted by Crippen LogP contribution is 2.02. The zero-order chi connectivity index (χ0) is 12.1. The zero-order valence-electron chi connectivity index (χ0n) is 10.1. The minimum atomic E-state index is -0.0574. The molecule has 18 heavy (non-hydrogen) atoms. The molecule has 2 aromatic rings. The van der Waals surface area contributed by atoms with E-state index in [1.54, 1.807) is 0 Å². The van der Waals surface area contributed by atoms with Crippen molar-refractivity contribution in [3.05, 3.63) is 60.3 Å². The molecule has 0 spiro atoms. The number of hydrogen-bond donors (Lipinski definition) is 1. The number of rotatable bonds is 3. The molecular formula is C14H15BrN2O. The van der Waals surface area contributed by atoms with Crippen LogP contribution in [0.1, 0.15) is 12.5 Å². The summed E-state index contributed by atoms with van der Waals surface area (Å²) in [5, 5.41) is 2.82. The topological polar surface area (TPSA) is 33.0 Å². The number of hydrogen-bond acceptors (Lipinski definition) is 1. The van der Waals surface area contributed by atoms with Crippen molar-refractivity contribution in [2.45, 2.75) is 13.5 Å². The molecule has 3 nitrogen and oxygen atoms in total. The summed E-state index contributed by atoms with van der Waals surface area (Å²) >= 11 is 0. The molecule has 0 unspecified atom stereocenters. The summed E-state index contributed by atoms with van der Waals surface area (Å²) in [5.41, 5.74) is 1.20. The van der Waals surface area contributed by atoms with Gasteiger partial charge in [0.05, 0.1) is 6.20 Å². The number of anilines is 1. The second-order valence-corrected chi connectivity index (χ2v) is 3.88. The molecule has 1 aromatic heterocycles. The van der Waals surface area contributed by atoms with E-state index in [1.165, 1.54) is 12.5 Å².